The third-order valence-corrected chi connectivity index (χ3v) is 2.64. The monoisotopic (exact) mass is 235 g/mol. The molecule has 0 unspecified atom stereocenters. The number of aryl methyl sites for hydroxylation is 2. The van der Waals surface area contributed by atoms with Crippen molar-refractivity contribution < 1.29 is 14.7 Å². The number of carboxylic acid groups (broad SMARTS) is 1. The molecule has 0 spiro atoms. The van der Waals surface area contributed by atoms with Gasteiger partial charge in [-0.2, -0.15) is 0 Å². The molecule has 0 radical (unpaired) electrons. The molecule has 17 heavy (non-hydrogen) atoms. The zero-order chi connectivity index (χ0) is 12.8. The van der Waals surface area contributed by atoms with Gasteiger partial charge in [-0.15, -0.1) is 0 Å². The average molecular weight is 235 g/mol. The molecule has 0 fully saturated rings. The zero-order valence-electron chi connectivity index (χ0n) is 10.1. The summed E-state index contributed by atoms with van der Waals surface area (Å²) in [6.07, 6.45) is 0.261. The molecular weight excluding hydrogens is 218 g/mol. The van der Waals surface area contributed by atoms with Crippen molar-refractivity contribution in [3.63, 3.8) is 0 Å². The first-order valence-electron chi connectivity index (χ1n) is 5.54. The Morgan fingerprint density at radius 2 is 1.82 bits per heavy atom. The SMILES string of the molecule is Cc1cccc(C)c1CC(=O)NCCC(=O)O. The van der Waals surface area contributed by atoms with Crippen LogP contribution in [0.2, 0.25) is 0 Å². The number of hydrogen-bond donors (Lipinski definition) is 2. The highest BCUT2D eigenvalue weighted by molar-refractivity contribution is 5.79. The van der Waals surface area contributed by atoms with Gasteiger partial charge < -0.3 is 10.4 Å². The van der Waals surface area contributed by atoms with E-state index in [0.29, 0.717) is 6.42 Å². The van der Waals surface area contributed by atoms with Crippen molar-refractivity contribution in [3.8, 4) is 0 Å². The van der Waals surface area contributed by atoms with E-state index in [1.807, 2.05) is 32.0 Å². The summed E-state index contributed by atoms with van der Waals surface area (Å²) in [6.45, 7) is 4.11. The van der Waals surface area contributed by atoms with Crippen LogP contribution in [0.5, 0.6) is 0 Å². The van der Waals surface area contributed by atoms with Crippen LogP contribution >= 0.6 is 0 Å². The third kappa shape index (κ3) is 4.26. The van der Waals surface area contributed by atoms with Crippen LogP contribution < -0.4 is 5.32 Å². The first-order chi connectivity index (χ1) is 8.00. The van der Waals surface area contributed by atoms with Crippen molar-refractivity contribution in [2.45, 2.75) is 26.7 Å². The number of benzene rings is 1. The van der Waals surface area contributed by atoms with Crippen molar-refractivity contribution >= 4 is 11.9 Å². The fourth-order valence-electron chi connectivity index (χ4n) is 1.66. The predicted molar refractivity (Wildman–Crippen MR) is 64.9 cm³/mol. The maximum Gasteiger partial charge on any atom is 0.305 e. The van der Waals surface area contributed by atoms with Crippen LogP contribution in [0.15, 0.2) is 18.2 Å². The molecule has 1 aromatic rings. The van der Waals surface area contributed by atoms with E-state index in [0.717, 1.165) is 16.7 Å². The maximum atomic E-state index is 11.6. The van der Waals surface area contributed by atoms with Gasteiger partial charge in [0, 0.05) is 6.54 Å². The molecular formula is C13H17NO3. The molecule has 4 nitrogen and oxygen atoms in total. The first kappa shape index (κ1) is 13.2. The van der Waals surface area contributed by atoms with Gasteiger partial charge in [-0.3, -0.25) is 9.59 Å². The van der Waals surface area contributed by atoms with Gasteiger partial charge in [-0.25, -0.2) is 0 Å². The minimum absolute atomic E-state index is 0.0432. The van der Waals surface area contributed by atoms with Gasteiger partial charge in [0.05, 0.1) is 12.8 Å². The van der Waals surface area contributed by atoms with Gasteiger partial charge in [0.2, 0.25) is 5.91 Å². The Labute approximate surface area is 101 Å². The van der Waals surface area contributed by atoms with Crippen molar-refractivity contribution in [2.75, 3.05) is 6.54 Å². The molecule has 0 saturated heterocycles. The van der Waals surface area contributed by atoms with Crippen molar-refractivity contribution in [3.05, 3.63) is 34.9 Å². The summed E-state index contributed by atoms with van der Waals surface area (Å²) in [7, 11) is 0. The minimum atomic E-state index is -0.905. The largest absolute Gasteiger partial charge is 0.481 e. The Morgan fingerprint density at radius 1 is 1.24 bits per heavy atom. The molecule has 0 saturated carbocycles. The summed E-state index contributed by atoms with van der Waals surface area (Å²) >= 11 is 0. The van der Waals surface area contributed by atoms with Gasteiger partial charge in [0.15, 0.2) is 0 Å². The Hall–Kier alpha value is -1.84. The number of carbonyl (C=O) groups excluding carboxylic acids is 1. The Balaban J connectivity index is 2.53. The van der Waals surface area contributed by atoms with E-state index < -0.39 is 5.97 Å². The van der Waals surface area contributed by atoms with Gasteiger partial charge >= 0.3 is 5.97 Å². The van der Waals surface area contributed by atoms with Crippen LogP contribution in [0.1, 0.15) is 23.1 Å². The molecule has 0 bridgehead atoms. The number of aliphatic carboxylic acids is 1. The number of hydrogen-bond acceptors (Lipinski definition) is 2. The fraction of sp³-hybridized carbons (Fsp3) is 0.385. The predicted octanol–water partition coefficient (Wildman–Crippen LogP) is 1.44. The molecule has 92 valence electrons. The second-order valence-electron chi connectivity index (χ2n) is 4.04. The molecule has 2 N–H and O–H groups in total. The summed E-state index contributed by atoms with van der Waals surface area (Å²) in [6, 6.07) is 5.89. The molecule has 4 heteroatoms. The molecule has 0 heterocycles. The van der Waals surface area contributed by atoms with Crippen LogP contribution in [0.25, 0.3) is 0 Å². The van der Waals surface area contributed by atoms with Gasteiger partial charge in [-0.1, -0.05) is 18.2 Å². The topological polar surface area (TPSA) is 66.4 Å². The summed E-state index contributed by atoms with van der Waals surface area (Å²) in [5.41, 5.74) is 3.18. The highest BCUT2D eigenvalue weighted by Crippen LogP contribution is 2.13. The normalized spacial score (nSPS) is 10.0. The fourth-order valence-corrected chi connectivity index (χ4v) is 1.66. The van der Waals surface area contributed by atoms with E-state index in [2.05, 4.69) is 5.32 Å². The van der Waals surface area contributed by atoms with Gasteiger partial charge in [0.25, 0.3) is 0 Å². The quantitative estimate of drug-likeness (QED) is 0.811. The standard InChI is InChI=1S/C13H17NO3/c1-9-4-3-5-10(2)11(9)8-12(15)14-7-6-13(16)17/h3-5H,6-8H2,1-2H3,(H,14,15)(H,16,17). The van der Waals surface area contributed by atoms with Gasteiger partial charge in [-0.05, 0) is 30.5 Å². The van der Waals surface area contributed by atoms with Gasteiger partial charge in [0.1, 0.15) is 0 Å². The first-order valence-corrected chi connectivity index (χ1v) is 5.54. The second-order valence-corrected chi connectivity index (χ2v) is 4.04. The third-order valence-electron chi connectivity index (χ3n) is 2.64. The summed E-state index contributed by atoms with van der Waals surface area (Å²) in [5.74, 6) is -1.04. The molecule has 0 aliphatic rings. The number of amides is 1. The molecule has 1 amide bonds. The summed E-state index contributed by atoms with van der Waals surface area (Å²) < 4.78 is 0. The van der Waals surface area contributed by atoms with E-state index in [1.54, 1.807) is 0 Å². The lowest BCUT2D eigenvalue weighted by molar-refractivity contribution is -0.136. The van der Waals surface area contributed by atoms with E-state index in [1.165, 1.54) is 0 Å². The van der Waals surface area contributed by atoms with Crippen molar-refractivity contribution in [1.29, 1.82) is 0 Å². The van der Waals surface area contributed by atoms with Crippen LogP contribution in [-0.2, 0) is 16.0 Å². The molecule has 0 aliphatic carbocycles. The average Bonchev–Trinajstić information content (AvgIpc) is 2.23. The molecule has 0 aliphatic heterocycles. The molecule has 0 aromatic heterocycles. The van der Waals surface area contributed by atoms with E-state index in [9.17, 15) is 9.59 Å². The Bertz CT molecular complexity index is 406. The second kappa shape index (κ2) is 6.03. The maximum absolute atomic E-state index is 11.6. The van der Waals surface area contributed by atoms with Crippen molar-refractivity contribution in [2.24, 2.45) is 0 Å². The van der Waals surface area contributed by atoms with Crippen molar-refractivity contribution in [1.82, 2.24) is 5.32 Å². The number of rotatable bonds is 5. The van der Waals surface area contributed by atoms with Crippen LogP contribution in [0.3, 0.4) is 0 Å². The highest BCUT2D eigenvalue weighted by Gasteiger charge is 2.08. The molecule has 1 aromatic carbocycles. The van der Waals surface area contributed by atoms with Crippen LogP contribution in [0.4, 0.5) is 0 Å². The minimum Gasteiger partial charge on any atom is -0.481 e. The smallest absolute Gasteiger partial charge is 0.305 e. The lowest BCUT2D eigenvalue weighted by Gasteiger charge is -2.09. The van der Waals surface area contributed by atoms with Crippen LogP contribution in [0, 0.1) is 13.8 Å². The lowest BCUT2D eigenvalue weighted by atomic mass is 10.00. The van der Waals surface area contributed by atoms with E-state index in [4.69, 9.17) is 5.11 Å². The Morgan fingerprint density at radius 3 is 2.35 bits per heavy atom. The number of carboxylic acids is 1. The summed E-state index contributed by atoms with van der Waals surface area (Å²) in [4.78, 5) is 21.9. The van der Waals surface area contributed by atoms with Crippen LogP contribution in [-0.4, -0.2) is 23.5 Å². The molecule has 1 rings (SSSR count). The van der Waals surface area contributed by atoms with E-state index >= 15 is 0 Å². The molecule has 0 atom stereocenters. The summed E-state index contributed by atoms with van der Waals surface area (Å²) in [5, 5.41) is 11.1. The number of carbonyl (C=O) groups is 2. The van der Waals surface area contributed by atoms with E-state index in [-0.39, 0.29) is 18.9 Å². The zero-order valence-corrected chi connectivity index (χ0v) is 10.1. The lowest BCUT2D eigenvalue weighted by Crippen LogP contribution is -2.27. The highest BCUT2D eigenvalue weighted by atomic mass is 16.4. The Kier molecular flexibility index (Phi) is 4.69. The number of nitrogens with one attached hydrogen (secondary N) is 1.